The van der Waals surface area contributed by atoms with Gasteiger partial charge in [0.25, 0.3) is 5.91 Å². The van der Waals surface area contributed by atoms with Crippen LogP contribution in [0.5, 0.6) is 0 Å². The number of ether oxygens (including phenoxy) is 1. The maximum absolute atomic E-state index is 12.4. The van der Waals surface area contributed by atoms with E-state index in [9.17, 15) is 9.59 Å². The van der Waals surface area contributed by atoms with E-state index >= 15 is 0 Å². The van der Waals surface area contributed by atoms with Crippen LogP contribution in [0.3, 0.4) is 0 Å². The molecule has 7 heteroatoms. The van der Waals surface area contributed by atoms with E-state index in [2.05, 4.69) is 0 Å². The van der Waals surface area contributed by atoms with E-state index < -0.39 is 5.60 Å². The summed E-state index contributed by atoms with van der Waals surface area (Å²) in [5.74, 6) is 0.637. The molecule has 2 aliphatic rings. The average Bonchev–Trinajstić information content (AvgIpc) is 3.18. The number of furan rings is 1. The number of hydrogen-bond donors (Lipinski definition) is 0. The van der Waals surface area contributed by atoms with E-state index in [1.54, 1.807) is 9.80 Å². The fraction of sp³-hybridized carbons (Fsp3) is 0.588. The number of rotatable bonds is 1. The van der Waals surface area contributed by atoms with Gasteiger partial charge in [-0.05, 0) is 32.9 Å². The van der Waals surface area contributed by atoms with Gasteiger partial charge in [0.1, 0.15) is 11.7 Å². The smallest absolute Gasteiger partial charge is 0.410 e. The molecule has 2 fully saturated rings. The van der Waals surface area contributed by atoms with E-state index in [4.69, 9.17) is 14.4 Å². The normalized spacial score (nSPS) is 23.1. The molecule has 2 amide bonds. The van der Waals surface area contributed by atoms with Crippen molar-refractivity contribution in [3.8, 4) is 6.07 Å². The van der Waals surface area contributed by atoms with Gasteiger partial charge in [-0.25, -0.2) is 4.79 Å². The number of likely N-dealkylation sites (tertiary alicyclic amines) is 2. The number of fused-ring (bicyclic) bond motifs is 1. The highest BCUT2D eigenvalue weighted by molar-refractivity contribution is 5.91. The largest absolute Gasteiger partial charge is 0.444 e. The van der Waals surface area contributed by atoms with E-state index in [-0.39, 0.29) is 35.4 Å². The zero-order valence-corrected chi connectivity index (χ0v) is 14.1. The Morgan fingerprint density at radius 1 is 1.17 bits per heavy atom. The van der Waals surface area contributed by atoms with Crippen LogP contribution in [0.1, 0.15) is 37.1 Å². The maximum atomic E-state index is 12.4. The summed E-state index contributed by atoms with van der Waals surface area (Å²) in [6.45, 7) is 7.93. The lowest BCUT2D eigenvalue weighted by molar-refractivity contribution is 0.0275. The Labute approximate surface area is 140 Å². The Morgan fingerprint density at radius 2 is 1.75 bits per heavy atom. The molecule has 1 aromatic rings. The van der Waals surface area contributed by atoms with Gasteiger partial charge in [0.15, 0.2) is 5.76 Å². The number of hydrogen-bond acceptors (Lipinski definition) is 5. The van der Waals surface area contributed by atoms with Crippen LogP contribution in [0, 0.1) is 23.2 Å². The second kappa shape index (κ2) is 5.86. The van der Waals surface area contributed by atoms with Crippen LogP contribution in [-0.2, 0) is 4.74 Å². The lowest BCUT2D eigenvalue weighted by Gasteiger charge is -2.25. The molecule has 3 rings (SSSR count). The SMILES string of the molecule is CC(C)(C)OC(=O)N1CC2CN(C(=O)c3ccc(C#N)o3)CC2C1. The Morgan fingerprint density at radius 3 is 2.25 bits per heavy atom. The van der Waals surface area contributed by atoms with Crippen LogP contribution in [0.4, 0.5) is 4.79 Å². The third-order valence-electron chi connectivity index (χ3n) is 4.35. The predicted octanol–water partition coefficient (Wildman–Crippen LogP) is 2.09. The highest BCUT2D eigenvalue weighted by Crippen LogP contribution is 2.32. The summed E-state index contributed by atoms with van der Waals surface area (Å²) in [5.41, 5.74) is -0.505. The number of amides is 2. The van der Waals surface area contributed by atoms with Gasteiger partial charge in [0.05, 0.1) is 0 Å². The molecule has 0 N–H and O–H groups in total. The first-order chi connectivity index (χ1) is 11.3. The fourth-order valence-corrected chi connectivity index (χ4v) is 3.30. The van der Waals surface area contributed by atoms with Crippen molar-refractivity contribution >= 4 is 12.0 Å². The standard InChI is InChI=1S/C17H21N3O4/c1-17(2,3)24-16(22)20-9-11-7-19(8-12(11)10-20)15(21)14-5-4-13(6-18)23-14/h4-5,11-12H,7-10H2,1-3H3. The highest BCUT2D eigenvalue weighted by Gasteiger charge is 2.44. The minimum absolute atomic E-state index is 0.133. The number of nitriles is 1. The molecule has 0 bridgehead atoms. The van der Waals surface area contributed by atoms with Crippen LogP contribution in [0.25, 0.3) is 0 Å². The van der Waals surface area contributed by atoms with E-state index in [0.717, 1.165) is 0 Å². The molecule has 2 aliphatic heterocycles. The lowest BCUT2D eigenvalue weighted by atomic mass is 10.0. The van der Waals surface area contributed by atoms with Crippen LogP contribution in [-0.4, -0.2) is 53.6 Å². The van der Waals surface area contributed by atoms with Gasteiger partial charge < -0.3 is 19.0 Å². The van der Waals surface area contributed by atoms with Crippen molar-refractivity contribution in [3.05, 3.63) is 23.7 Å². The molecule has 2 unspecified atom stereocenters. The molecule has 2 saturated heterocycles. The van der Waals surface area contributed by atoms with Crippen molar-refractivity contribution in [2.45, 2.75) is 26.4 Å². The molecule has 0 radical (unpaired) electrons. The molecule has 0 spiro atoms. The Hall–Kier alpha value is -2.49. The van der Waals surface area contributed by atoms with Gasteiger partial charge >= 0.3 is 6.09 Å². The quantitative estimate of drug-likeness (QED) is 0.786. The Balaban J connectivity index is 1.58. The van der Waals surface area contributed by atoms with Gasteiger partial charge in [-0.1, -0.05) is 0 Å². The van der Waals surface area contributed by atoms with Crippen LogP contribution in [0.15, 0.2) is 16.5 Å². The third kappa shape index (κ3) is 3.23. The van der Waals surface area contributed by atoms with Gasteiger partial charge in [-0.3, -0.25) is 4.79 Å². The summed E-state index contributed by atoms with van der Waals surface area (Å²) in [4.78, 5) is 28.0. The van der Waals surface area contributed by atoms with Crippen LogP contribution < -0.4 is 0 Å². The molecule has 128 valence electrons. The fourth-order valence-electron chi connectivity index (χ4n) is 3.30. The van der Waals surface area contributed by atoms with Crippen molar-refractivity contribution in [2.75, 3.05) is 26.2 Å². The van der Waals surface area contributed by atoms with Crippen molar-refractivity contribution in [2.24, 2.45) is 11.8 Å². The molecule has 0 aromatic carbocycles. The molecule has 1 aromatic heterocycles. The first-order valence-electron chi connectivity index (χ1n) is 8.04. The van der Waals surface area contributed by atoms with Gasteiger partial charge in [-0.15, -0.1) is 0 Å². The van der Waals surface area contributed by atoms with Crippen molar-refractivity contribution in [1.82, 2.24) is 9.80 Å². The number of carbonyl (C=O) groups is 2. The number of carbonyl (C=O) groups excluding carboxylic acids is 2. The Kier molecular flexibility index (Phi) is 3.99. The van der Waals surface area contributed by atoms with E-state index in [1.165, 1.54) is 12.1 Å². The summed E-state index contributed by atoms with van der Waals surface area (Å²) < 4.78 is 10.6. The van der Waals surface area contributed by atoms with Crippen molar-refractivity contribution < 1.29 is 18.7 Å². The van der Waals surface area contributed by atoms with E-state index in [0.29, 0.717) is 26.2 Å². The van der Waals surface area contributed by atoms with Gasteiger partial charge in [0.2, 0.25) is 5.76 Å². The monoisotopic (exact) mass is 331 g/mol. The topological polar surface area (TPSA) is 86.8 Å². The maximum Gasteiger partial charge on any atom is 0.410 e. The molecule has 3 heterocycles. The second-order valence-electron chi connectivity index (χ2n) is 7.39. The van der Waals surface area contributed by atoms with Crippen molar-refractivity contribution in [3.63, 3.8) is 0 Å². The zero-order chi connectivity index (χ0) is 17.5. The molecule has 7 nitrogen and oxygen atoms in total. The lowest BCUT2D eigenvalue weighted by Crippen LogP contribution is -2.38. The molecule has 2 atom stereocenters. The van der Waals surface area contributed by atoms with E-state index in [1.807, 2.05) is 26.8 Å². The van der Waals surface area contributed by atoms with Crippen LogP contribution >= 0.6 is 0 Å². The summed E-state index contributed by atoms with van der Waals surface area (Å²) >= 11 is 0. The summed E-state index contributed by atoms with van der Waals surface area (Å²) in [7, 11) is 0. The van der Waals surface area contributed by atoms with Gasteiger partial charge in [-0.2, -0.15) is 5.26 Å². The first kappa shape index (κ1) is 16.4. The highest BCUT2D eigenvalue weighted by atomic mass is 16.6. The molecule has 0 aliphatic carbocycles. The van der Waals surface area contributed by atoms with Gasteiger partial charge in [0, 0.05) is 38.0 Å². The summed E-state index contributed by atoms with van der Waals surface area (Å²) in [6.07, 6.45) is -0.292. The Bertz CT molecular complexity index is 683. The second-order valence-corrected chi connectivity index (χ2v) is 7.39. The third-order valence-corrected chi connectivity index (χ3v) is 4.35. The zero-order valence-electron chi connectivity index (χ0n) is 14.1. The van der Waals surface area contributed by atoms with Crippen molar-refractivity contribution in [1.29, 1.82) is 5.26 Å². The summed E-state index contributed by atoms with van der Waals surface area (Å²) in [6, 6.07) is 4.90. The minimum Gasteiger partial charge on any atom is -0.444 e. The molecular formula is C17H21N3O4. The minimum atomic E-state index is -0.505. The molecule has 24 heavy (non-hydrogen) atoms. The summed E-state index contributed by atoms with van der Waals surface area (Å²) in [5, 5.41) is 8.77. The average molecular weight is 331 g/mol. The first-order valence-corrected chi connectivity index (χ1v) is 8.04. The predicted molar refractivity (Wildman–Crippen MR) is 84.1 cm³/mol. The molecule has 0 saturated carbocycles. The van der Waals surface area contributed by atoms with Crippen LogP contribution in [0.2, 0.25) is 0 Å². The molecular weight excluding hydrogens is 310 g/mol. The number of nitrogens with zero attached hydrogens (tertiary/aromatic N) is 3.